The minimum Gasteiger partial charge on any atom is -0.397 e. The lowest BCUT2D eigenvalue weighted by molar-refractivity contribution is 0.190. The molecule has 1 aliphatic rings. The van der Waals surface area contributed by atoms with Gasteiger partial charge in [-0.25, -0.2) is 4.39 Å². The van der Waals surface area contributed by atoms with Gasteiger partial charge >= 0.3 is 0 Å². The summed E-state index contributed by atoms with van der Waals surface area (Å²) in [7, 11) is 0. The van der Waals surface area contributed by atoms with Crippen LogP contribution in [0.5, 0.6) is 0 Å². The van der Waals surface area contributed by atoms with Gasteiger partial charge in [0, 0.05) is 42.4 Å². The maximum atomic E-state index is 13.7. The zero-order valence-electron chi connectivity index (χ0n) is 16.9. The van der Waals surface area contributed by atoms with Crippen LogP contribution in [-0.4, -0.2) is 40.1 Å². The second-order valence-corrected chi connectivity index (χ2v) is 8.28. The molecular weight excluding hydrogens is 449 g/mol. The second kappa shape index (κ2) is 10.7. The van der Waals surface area contributed by atoms with Crippen molar-refractivity contribution in [2.75, 3.05) is 25.4 Å². The molecule has 0 unspecified atom stereocenters. The van der Waals surface area contributed by atoms with Gasteiger partial charge in [-0.1, -0.05) is 6.58 Å². The average molecular weight is 476 g/mol. The van der Waals surface area contributed by atoms with Crippen LogP contribution < -0.4 is 16.6 Å². The first-order valence-corrected chi connectivity index (χ1v) is 10.8. The van der Waals surface area contributed by atoms with E-state index in [-0.39, 0.29) is 5.56 Å². The number of aromatic nitrogens is 2. The highest BCUT2D eigenvalue weighted by Gasteiger charge is 2.19. The SMILES string of the molecule is C=C/C(F)=C\c1c(N)ccc(=O)n1CCN1CCC(NCc2ccc(Br)cn2)CC1. The molecular formula is C22H27BrFN5O. The van der Waals surface area contributed by atoms with Crippen LogP contribution in [0.4, 0.5) is 10.1 Å². The Labute approximate surface area is 184 Å². The van der Waals surface area contributed by atoms with Crippen molar-refractivity contribution in [2.45, 2.75) is 32.0 Å². The topological polar surface area (TPSA) is 76.2 Å². The number of hydrogen-bond acceptors (Lipinski definition) is 5. The maximum Gasteiger partial charge on any atom is 0.251 e. The third kappa shape index (κ3) is 6.10. The number of nitrogens with zero attached hydrogens (tertiary/aromatic N) is 3. The normalized spacial score (nSPS) is 16.0. The molecule has 0 saturated carbocycles. The lowest BCUT2D eigenvalue weighted by Crippen LogP contribution is -2.43. The lowest BCUT2D eigenvalue weighted by atomic mass is 10.0. The summed E-state index contributed by atoms with van der Waals surface area (Å²) in [5, 5.41) is 3.57. The molecule has 6 nitrogen and oxygen atoms in total. The van der Waals surface area contributed by atoms with Crippen molar-refractivity contribution in [1.82, 2.24) is 19.8 Å². The number of nitrogens with one attached hydrogen (secondary N) is 1. The third-order valence-corrected chi connectivity index (χ3v) is 5.78. The Hall–Kier alpha value is -2.29. The molecule has 0 spiro atoms. The molecule has 3 heterocycles. The Morgan fingerprint density at radius 1 is 1.30 bits per heavy atom. The van der Waals surface area contributed by atoms with Crippen molar-refractivity contribution >= 4 is 27.7 Å². The summed E-state index contributed by atoms with van der Waals surface area (Å²) in [4.78, 5) is 19.0. The fourth-order valence-electron chi connectivity index (χ4n) is 3.55. The molecule has 0 radical (unpaired) electrons. The molecule has 3 rings (SSSR count). The number of likely N-dealkylation sites (tertiary alicyclic amines) is 1. The zero-order chi connectivity index (χ0) is 21.5. The average Bonchev–Trinajstić information content (AvgIpc) is 2.76. The minimum absolute atomic E-state index is 0.189. The summed E-state index contributed by atoms with van der Waals surface area (Å²) in [5.41, 5.74) is 7.57. The van der Waals surface area contributed by atoms with Crippen LogP contribution in [0.2, 0.25) is 0 Å². The van der Waals surface area contributed by atoms with Crippen molar-refractivity contribution in [3.8, 4) is 0 Å². The highest BCUT2D eigenvalue weighted by Crippen LogP contribution is 2.16. The Morgan fingerprint density at radius 3 is 2.73 bits per heavy atom. The molecule has 0 bridgehead atoms. The van der Waals surface area contributed by atoms with Crippen molar-refractivity contribution in [3.63, 3.8) is 0 Å². The molecule has 3 N–H and O–H groups in total. The molecule has 160 valence electrons. The van der Waals surface area contributed by atoms with Crippen LogP contribution in [0.3, 0.4) is 0 Å². The van der Waals surface area contributed by atoms with Crippen LogP contribution in [0.1, 0.15) is 24.2 Å². The van der Waals surface area contributed by atoms with E-state index in [0.717, 1.165) is 48.7 Å². The van der Waals surface area contributed by atoms with Gasteiger partial charge in [-0.2, -0.15) is 0 Å². The molecule has 1 fully saturated rings. The van der Waals surface area contributed by atoms with Gasteiger partial charge in [-0.3, -0.25) is 9.78 Å². The van der Waals surface area contributed by atoms with Crippen LogP contribution in [0.15, 0.2) is 58.2 Å². The monoisotopic (exact) mass is 475 g/mol. The molecule has 1 saturated heterocycles. The third-order valence-electron chi connectivity index (χ3n) is 5.32. The number of rotatable bonds is 8. The molecule has 0 aromatic carbocycles. The quantitative estimate of drug-likeness (QED) is 0.572. The molecule has 0 atom stereocenters. The first-order chi connectivity index (χ1) is 14.5. The number of halogens is 2. The summed E-state index contributed by atoms with van der Waals surface area (Å²) in [6.45, 7) is 7.21. The van der Waals surface area contributed by atoms with E-state index in [1.807, 2.05) is 18.3 Å². The largest absolute Gasteiger partial charge is 0.397 e. The Morgan fingerprint density at radius 2 is 2.07 bits per heavy atom. The van der Waals surface area contributed by atoms with E-state index in [2.05, 4.69) is 37.7 Å². The molecule has 1 aliphatic heterocycles. The molecule has 30 heavy (non-hydrogen) atoms. The molecule has 0 amide bonds. The van der Waals surface area contributed by atoms with Gasteiger partial charge in [0.1, 0.15) is 5.83 Å². The van der Waals surface area contributed by atoms with Crippen LogP contribution in [0, 0.1) is 0 Å². The van der Waals surface area contributed by atoms with Crippen LogP contribution in [-0.2, 0) is 13.1 Å². The number of nitrogen functional groups attached to an aromatic ring is 1. The highest BCUT2D eigenvalue weighted by molar-refractivity contribution is 9.10. The highest BCUT2D eigenvalue weighted by atomic mass is 79.9. The summed E-state index contributed by atoms with van der Waals surface area (Å²) in [6.07, 6.45) is 6.22. The van der Waals surface area contributed by atoms with Gasteiger partial charge in [0.15, 0.2) is 0 Å². The van der Waals surface area contributed by atoms with E-state index in [4.69, 9.17) is 5.73 Å². The number of hydrogen-bond donors (Lipinski definition) is 2. The first kappa shape index (κ1) is 22.4. The fourth-order valence-corrected chi connectivity index (χ4v) is 3.79. The Bertz CT molecular complexity index is 949. The van der Waals surface area contributed by atoms with Gasteiger partial charge in [0.25, 0.3) is 5.56 Å². The van der Waals surface area contributed by atoms with Crippen molar-refractivity contribution < 1.29 is 4.39 Å². The predicted octanol–water partition coefficient (Wildman–Crippen LogP) is 3.34. The van der Waals surface area contributed by atoms with Crippen LogP contribution >= 0.6 is 15.9 Å². The molecule has 0 aliphatic carbocycles. The molecule has 2 aromatic heterocycles. The van der Waals surface area contributed by atoms with Gasteiger partial charge < -0.3 is 20.5 Å². The summed E-state index contributed by atoms with van der Waals surface area (Å²) < 4.78 is 16.2. The van der Waals surface area contributed by atoms with E-state index >= 15 is 0 Å². The van der Waals surface area contributed by atoms with E-state index in [1.165, 1.54) is 22.8 Å². The van der Waals surface area contributed by atoms with Crippen molar-refractivity contribution in [1.29, 1.82) is 0 Å². The van der Waals surface area contributed by atoms with Crippen molar-refractivity contribution in [3.05, 3.63) is 75.2 Å². The van der Waals surface area contributed by atoms with Gasteiger partial charge in [0.05, 0.1) is 17.1 Å². The zero-order valence-corrected chi connectivity index (χ0v) is 18.4. The Balaban J connectivity index is 1.52. The Kier molecular flexibility index (Phi) is 7.95. The lowest BCUT2D eigenvalue weighted by Gasteiger charge is -2.32. The minimum atomic E-state index is -0.520. The van der Waals surface area contributed by atoms with E-state index in [9.17, 15) is 9.18 Å². The summed E-state index contributed by atoms with van der Waals surface area (Å²) >= 11 is 3.40. The molecule has 8 heteroatoms. The van der Waals surface area contributed by atoms with Crippen molar-refractivity contribution in [2.24, 2.45) is 0 Å². The predicted molar refractivity (Wildman–Crippen MR) is 123 cm³/mol. The second-order valence-electron chi connectivity index (χ2n) is 7.36. The van der Waals surface area contributed by atoms with Gasteiger partial charge in [-0.05, 0) is 72.2 Å². The number of anilines is 1. The van der Waals surface area contributed by atoms with E-state index in [0.29, 0.717) is 30.5 Å². The van der Waals surface area contributed by atoms with Gasteiger partial charge in [-0.15, -0.1) is 0 Å². The fraction of sp³-hybridized carbons (Fsp3) is 0.364. The number of pyridine rings is 2. The summed E-state index contributed by atoms with van der Waals surface area (Å²) in [5.74, 6) is -0.520. The van der Waals surface area contributed by atoms with E-state index in [1.54, 1.807) is 0 Å². The maximum absolute atomic E-state index is 13.7. The first-order valence-electron chi connectivity index (χ1n) is 10.0. The standard InChI is InChI=1S/C22H27BrFN5O/c1-2-17(24)13-21-20(25)5-6-22(30)29(21)12-11-28-9-7-18(8-10-28)27-15-19-4-3-16(23)14-26-19/h2-6,13-14,18,27H,1,7-12,15,25H2/b17-13+. The van der Waals surface area contributed by atoms with E-state index < -0.39 is 5.83 Å². The van der Waals surface area contributed by atoms with Crippen LogP contribution in [0.25, 0.3) is 6.08 Å². The summed E-state index contributed by atoms with van der Waals surface area (Å²) in [6, 6.07) is 7.39. The smallest absolute Gasteiger partial charge is 0.251 e. The number of piperidine rings is 1. The number of allylic oxidation sites excluding steroid dienone is 2. The number of nitrogens with two attached hydrogens (primary N) is 1. The molecule has 2 aromatic rings. The van der Waals surface area contributed by atoms with Gasteiger partial charge in [0.2, 0.25) is 0 Å².